The van der Waals surface area contributed by atoms with Gasteiger partial charge in [-0.05, 0) is 60.7 Å². The summed E-state index contributed by atoms with van der Waals surface area (Å²) in [7, 11) is 0. The van der Waals surface area contributed by atoms with Gasteiger partial charge < -0.3 is 10.6 Å². The molecule has 112 valence electrons. The Morgan fingerprint density at radius 2 is 1.95 bits per heavy atom. The second-order valence-corrected chi connectivity index (χ2v) is 6.90. The molecular weight excluding hydrogens is 304 g/mol. The lowest BCUT2D eigenvalue weighted by Crippen LogP contribution is -2.48. The van der Waals surface area contributed by atoms with Crippen LogP contribution in [0.3, 0.4) is 0 Å². The number of nitrogens with one attached hydrogen (secondary N) is 2. The molecule has 1 aromatic heterocycles. The van der Waals surface area contributed by atoms with Gasteiger partial charge in [-0.1, -0.05) is 0 Å². The van der Waals surface area contributed by atoms with Crippen LogP contribution in [0.5, 0.6) is 0 Å². The molecule has 21 heavy (non-hydrogen) atoms. The molecule has 0 spiro atoms. The molecular formula is C16H19ClN2OS. The second kappa shape index (κ2) is 5.95. The van der Waals surface area contributed by atoms with Gasteiger partial charge in [0.2, 0.25) is 0 Å². The van der Waals surface area contributed by atoms with Crippen molar-refractivity contribution >= 4 is 39.7 Å². The third kappa shape index (κ3) is 2.93. The van der Waals surface area contributed by atoms with Gasteiger partial charge in [0.15, 0.2) is 0 Å². The van der Waals surface area contributed by atoms with E-state index in [2.05, 4.69) is 22.1 Å². The fraction of sp³-hybridized carbons (Fsp3) is 0.438. The molecule has 0 saturated carbocycles. The number of fused-ring (bicyclic) bond motifs is 3. The zero-order valence-electron chi connectivity index (χ0n) is 11.7. The van der Waals surface area contributed by atoms with E-state index in [0.717, 1.165) is 23.8 Å². The highest BCUT2D eigenvalue weighted by atomic mass is 35.5. The molecule has 5 heteroatoms. The summed E-state index contributed by atoms with van der Waals surface area (Å²) < 4.78 is 1.24. The monoisotopic (exact) mass is 322 g/mol. The highest BCUT2D eigenvalue weighted by Crippen LogP contribution is 2.27. The van der Waals surface area contributed by atoms with Gasteiger partial charge in [0.1, 0.15) is 0 Å². The maximum atomic E-state index is 12.4. The zero-order chi connectivity index (χ0) is 13.5. The van der Waals surface area contributed by atoms with E-state index in [0.29, 0.717) is 18.1 Å². The molecule has 4 rings (SSSR count). The maximum absolute atomic E-state index is 12.4. The number of amides is 1. The number of thiophene rings is 1. The smallest absolute Gasteiger partial charge is 0.251 e. The molecule has 3 nitrogen and oxygen atoms in total. The van der Waals surface area contributed by atoms with Gasteiger partial charge in [0, 0.05) is 28.4 Å². The lowest BCUT2D eigenvalue weighted by atomic mass is 9.99. The Hall–Kier alpha value is -1.10. The molecule has 0 aliphatic carbocycles. The van der Waals surface area contributed by atoms with Gasteiger partial charge >= 0.3 is 0 Å². The summed E-state index contributed by atoms with van der Waals surface area (Å²) in [5.74, 6) is 0.0735. The van der Waals surface area contributed by atoms with Crippen molar-refractivity contribution < 1.29 is 4.79 Å². The van der Waals surface area contributed by atoms with Gasteiger partial charge in [-0.2, -0.15) is 0 Å². The van der Waals surface area contributed by atoms with Crippen molar-refractivity contribution in [3.63, 3.8) is 0 Å². The van der Waals surface area contributed by atoms with Crippen LogP contribution in [0.1, 0.15) is 36.0 Å². The molecule has 2 aromatic rings. The Bertz CT molecular complexity index is 645. The van der Waals surface area contributed by atoms with Crippen LogP contribution >= 0.6 is 23.7 Å². The van der Waals surface area contributed by atoms with Crippen LogP contribution in [-0.2, 0) is 0 Å². The van der Waals surface area contributed by atoms with Crippen molar-refractivity contribution in [3.8, 4) is 0 Å². The molecule has 1 aromatic carbocycles. The Kier molecular flexibility index (Phi) is 4.20. The standard InChI is InChI=1S/C16H18N2OS.ClH/c19-16(11-1-4-15-10(7-11)5-6-20-15)18-14-8-12-2-3-13(9-14)17-12;/h1,4-7,12-14,17H,2-3,8-9H2,(H,18,19);1H. The molecule has 1 amide bonds. The summed E-state index contributed by atoms with van der Waals surface area (Å²) in [5.41, 5.74) is 0.779. The number of halogens is 1. The Morgan fingerprint density at radius 1 is 1.19 bits per heavy atom. The quantitative estimate of drug-likeness (QED) is 0.890. The normalized spacial score (nSPS) is 27.3. The molecule has 0 radical (unpaired) electrons. The number of rotatable bonds is 2. The van der Waals surface area contributed by atoms with Gasteiger partial charge in [-0.15, -0.1) is 23.7 Å². The van der Waals surface area contributed by atoms with Crippen molar-refractivity contribution in [1.82, 2.24) is 10.6 Å². The predicted molar refractivity (Wildman–Crippen MR) is 89.5 cm³/mol. The van der Waals surface area contributed by atoms with Gasteiger partial charge in [-0.25, -0.2) is 0 Å². The number of piperidine rings is 1. The first kappa shape index (κ1) is 14.8. The minimum atomic E-state index is 0. The summed E-state index contributed by atoms with van der Waals surface area (Å²) in [4.78, 5) is 12.4. The minimum Gasteiger partial charge on any atom is -0.349 e. The molecule has 3 heterocycles. The van der Waals surface area contributed by atoms with Crippen molar-refractivity contribution in [2.45, 2.75) is 43.8 Å². The van der Waals surface area contributed by atoms with E-state index < -0.39 is 0 Å². The Morgan fingerprint density at radius 3 is 2.71 bits per heavy atom. The largest absolute Gasteiger partial charge is 0.349 e. The average Bonchev–Trinajstić information content (AvgIpc) is 3.04. The summed E-state index contributed by atoms with van der Waals surface area (Å²) in [5, 5.41) is 10.0. The van der Waals surface area contributed by atoms with E-state index in [-0.39, 0.29) is 18.3 Å². The lowest BCUT2D eigenvalue weighted by molar-refractivity contribution is 0.0924. The molecule has 2 fully saturated rings. The summed E-state index contributed by atoms with van der Waals surface area (Å²) in [6, 6.07) is 9.60. The molecule has 2 unspecified atom stereocenters. The van der Waals surface area contributed by atoms with Crippen molar-refractivity contribution in [3.05, 3.63) is 35.2 Å². The SMILES string of the molecule is Cl.O=C(NC1CC2CCC(C1)N2)c1ccc2sccc2c1. The Labute approximate surface area is 134 Å². The van der Waals surface area contributed by atoms with E-state index in [9.17, 15) is 4.79 Å². The number of carbonyl (C=O) groups is 1. The van der Waals surface area contributed by atoms with Gasteiger partial charge in [0.05, 0.1) is 0 Å². The fourth-order valence-corrected chi connectivity index (χ4v) is 4.32. The average molecular weight is 323 g/mol. The van der Waals surface area contributed by atoms with Crippen LogP contribution in [0.15, 0.2) is 29.6 Å². The second-order valence-electron chi connectivity index (χ2n) is 5.95. The maximum Gasteiger partial charge on any atom is 0.251 e. The Balaban J connectivity index is 0.00000132. The van der Waals surface area contributed by atoms with Crippen molar-refractivity contribution in [2.24, 2.45) is 0 Å². The van der Waals surface area contributed by atoms with Crippen molar-refractivity contribution in [2.75, 3.05) is 0 Å². The van der Waals surface area contributed by atoms with Gasteiger partial charge in [-0.3, -0.25) is 4.79 Å². The lowest BCUT2D eigenvalue weighted by Gasteiger charge is -2.29. The van der Waals surface area contributed by atoms with E-state index in [1.54, 1.807) is 11.3 Å². The topological polar surface area (TPSA) is 41.1 Å². The molecule has 2 bridgehead atoms. The number of hydrogen-bond acceptors (Lipinski definition) is 3. The van der Waals surface area contributed by atoms with Crippen LogP contribution in [0.2, 0.25) is 0 Å². The van der Waals surface area contributed by atoms with Crippen LogP contribution in [0, 0.1) is 0 Å². The minimum absolute atomic E-state index is 0. The summed E-state index contributed by atoms with van der Waals surface area (Å²) >= 11 is 1.71. The van der Waals surface area contributed by atoms with E-state index in [1.165, 1.54) is 17.5 Å². The van der Waals surface area contributed by atoms with Crippen LogP contribution in [-0.4, -0.2) is 24.0 Å². The summed E-state index contributed by atoms with van der Waals surface area (Å²) in [6.45, 7) is 0. The molecule has 2 aliphatic rings. The number of hydrogen-bond donors (Lipinski definition) is 2. The molecule has 2 saturated heterocycles. The third-order valence-electron chi connectivity index (χ3n) is 4.52. The van der Waals surface area contributed by atoms with E-state index >= 15 is 0 Å². The first-order chi connectivity index (χ1) is 9.78. The molecule has 2 atom stereocenters. The highest BCUT2D eigenvalue weighted by Gasteiger charge is 2.34. The van der Waals surface area contributed by atoms with Crippen LogP contribution < -0.4 is 10.6 Å². The molecule has 2 aliphatic heterocycles. The predicted octanol–water partition coefficient (Wildman–Crippen LogP) is 3.34. The fourth-order valence-electron chi connectivity index (χ4n) is 3.55. The first-order valence-electron chi connectivity index (χ1n) is 7.32. The third-order valence-corrected chi connectivity index (χ3v) is 5.42. The highest BCUT2D eigenvalue weighted by molar-refractivity contribution is 7.17. The summed E-state index contributed by atoms with van der Waals surface area (Å²) in [6.07, 6.45) is 4.67. The van der Waals surface area contributed by atoms with E-state index in [1.807, 2.05) is 18.2 Å². The van der Waals surface area contributed by atoms with E-state index in [4.69, 9.17) is 0 Å². The number of carbonyl (C=O) groups excluding carboxylic acids is 1. The first-order valence-corrected chi connectivity index (χ1v) is 8.20. The van der Waals surface area contributed by atoms with Crippen LogP contribution in [0.25, 0.3) is 10.1 Å². The van der Waals surface area contributed by atoms with Crippen molar-refractivity contribution in [1.29, 1.82) is 0 Å². The molecule has 2 N–H and O–H groups in total. The van der Waals surface area contributed by atoms with Gasteiger partial charge in [0.25, 0.3) is 5.91 Å². The van der Waals surface area contributed by atoms with Crippen LogP contribution in [0.4, 0.5) is 0 Å². The number of benzene rings is 1. The zero-order valence-corrected chi connectivity index (χ0v) is 13.3.